The highest BCUT2D eigenvalue weighted by Crippen LogP contribution is 2.23. The van der Waals surface area contributed by atoms with Crippen LogP contribution in [-0.2, 0) is 6.42 Å². The highest BCUT2D eigenvalue weighted by Gasteiger charge is 2.28. The summed E-state index contributed by atoms with van der Waals surface area (Å²) in [6, 6.07) is 8.30. The molecule has 0 unspecified atom stereocenters. The Balaban J connectivity index is 1.96. The molecule has 2 aromatic rings. The van der Waals surface area contributed by atoms with Crippen LogP contribution < -0.4 is 0 Å². The van der Waals surface area contributed by atoms with Crippen LogP contribution in [-0.4, -0.2) is 65.1 Å². The molecule has 1 N–H and O–H groups in total. The van der Waals surface area contributed by atoms with Crippen molar-refractivity contribution in [1.29, 1.82) is 0 Å². The summed E-state index contributed by atoms with van der Waals surface area (Å²) in [5.74, 6) is 0.0693. The Kier molecular flexibility index (Phi) is 5.35. The van der Waals surface area contributed by atoms with Gasteiger partial charge in [0.2, 0.25) is 0 Å². The molecule has 1 aromatic heterocycles. The summed E-state index contributed by atoms with van der Waals surface area (Å²) in [6.07, 6.45) is 1.63. The van der Waals surface area contributed by atoms with Gasteiger partial charge in [0, 0.05) is 43.4 Å². The van der Waals surface area contributed by atoms with E-state index in [0.717, 1.165) is 35.1 Å². The van der Waals surface area contributed by atoms with Gasteiger partial charge in [-0.15, -0.1) is 0 Å². The van der Waals surface area contributed by atoms with Crippen LogP contribution in [0.2, 0.25) is 0 Å². The maximum Gasteiger partial charge on any atom is 0.254 e. The molecule has 0 saturated carbocycles. The first-order valence-electron chi connectivity index (χ1n) is 9.04. The third-order valence-electron chi connectivity index (χ3n) is 5.17. The number of hydrogen-bond acceptors (Lipinski definition) is 4. The molecule has 1 aromatic carbocycles. The van der Waals surface area contributed by atoms with E-state index >= 15 is 0 Å². The average molecular weight is 341 g/mol. The molecule has 1 aliphatic rings. The molecule has 25 heavy (non-hydrogen) atoms. The monoisotopic (exact) mass is 341 g/mol. The van der Waals surface area contributed by atoms with Gasteiger partial charge in [0.1, 0.15) is 0 Å². The van der Waals surface area contributed by atoms with Crippen molar-refractivity contribution in [1.82, 2.24) is 14.8 Å². The summed E-state index contributed by atoms with van der Waals surface area (Å²) in [5.41, 5.74) is 3.69. The van der Waals surface area contributed by atoms with Crippen LogP contribution >= 0.6 is 0 Å². The van der Waals surface area contributed by atoms with Crippen molar-refractivity contribution >= 4 is 16.8 Å². The first-order chi connectivity index (χ1) is 12.0. The predicted molar refractivity (Wildman–Crippen MR) is 99.9 cm³/mol. The van der Waals surface area contributed by atoms with Crippen molar-refractivity contribution in [3.05, 3.63) is 41.1 Å². The number of aromatic nitrogens is 1. The van der Waals surface area contributed by atoms with Crippen LogP contribution in [0.5, 0.6) is 0 Å². The molecule has 134 valence electrons. The number of rotatable bonds is 4. The standard InChI is InChI=1S/C20H27N3O2/c1-4-15-5-6-19-17(12-15)18(11-14(2)21-19)20(25)23-9-8-22(3)16(13-23)7-10-24/h5-6,11-12,16,24H,4,7-10,13H2,1-3H3/t16-/m0/s1. The molecule has 0 spiro atoms. The topological polar surface area (TPSA) is 56.7 Å². The van der Waals surface area contributed by atoms with Gasteiger partial charge in [-0.1, -0.05) is 13.0 Å². The third-order valence-corrected chi connectivity index (χ3v) is 5.17. The Morgan fingerprint density at radius 1 is 1.32 bits per heavy atom. The van der Waals surface area contributed by atoms with Crippen LogP contribution in [0.3, 0.4) is 0 Å². The average Bonchev–Trinajstić information content (AvgIpc) is 2.62. The smallest absolute Gasteiger partial charge is 0.254 e. The SMILES string of the molecule is CCc1ccc2nc(C)cc(C(=O)N3CCN(C)[C@@H](CCO)C3)c2c1. The van der Waals surface area contributed by atoms with E-state index in [1.165, 1.54) is 5.56 Å². The molecular formula is C20H27N3O2. The van der Waals surface area contributed by atoms with Gasteiger partial charge in [-0.25, -0.2) is 0 Å². The van der Waals surface area contributed by atoms with Gasteiger partial charge in [0.15, 0.2) is 0 Å². The summed E-state index contributed by atoms with van der Waals surface area (Å²) in [5, 5.41) is 10.2. The molecule has 1 saturated heterocycles. The van der Waals surface area contributed by atoms with Crippen molar-refractivity contribution in [2.45, 2.75) is 32.7 Å². The predicted octanol–water partition coefficient (Wildman–Crippen LogP) is 2.24. The molecule has 5 heteroatoms. The second-order valence-corrected chi connectivity index (χ2v) is 6.91. The Morgan fingerprint density at radius 3 is 2.84 bits per heavy atom. The number of nitrogens with zero attached hydrogens (tertiary/aromatic N) is 3. The van der Waals surface area contributed by atoms with E-state index in [9.17, 15) is 9.90 Å². The molecule has 3 rings (SSSR count). The van der Waals surface area contributed by atoms with Crippen molar-refractivity contribution in [3.8, 4) is 0 Å². The van der Waals surface area contributed by atoms with Gasteiger partial charge in [0.05, 0.1) is 11.1 Å². The number of aliphatic hydroxyl groups is 1. The normalized spacial score (nSPS) is 18.7. The largest absolute Gasteiger partial charge is 0.396 e. The lowest BCUT2D eigenvalue weighted by atomic mass is 10.0. The van der Waals surface area contributed by atoms with Crippen molar-refractivity contribution < 1.29 is 9.90 Å². The van der Waals surface area contributed by atoms with Crippen LogP contribution in [0.15, 0.2) is 24.3 Å². The van der Waals surface area contributed by atoms with Gasteiger partial charge in [0.25, 0.3) is 5.91 Å². The summed E-state index contributed by atoms with van der Waals surface area (Å²) >= 11 is 0. The van der Waals surface area contributed by atoms with E-state index < -0.39 is 0 Å². The van der Waals surface area contributed by atoms with E-state index in [2.05, 4.69) is 36.0 Å². The number of piperazine rings is 1. The number of pyridine rings is 1. The fourth-order valence-corrected chi connectivity index (χ4v) is 3.56. The first kappa shape index (κ1) is 17.8. The summed E-state index contributed by atoms with van der Waals surface area (Å²) in [4.78, 5) is 22.0. The number of fused-ring (bicyclic) bond motifs is 1. The summed E-state index contributed by atoms with van der Waals surface area (Å²) in [7, 11) is 2.06. The second-order valence-electron chi connectivity index (χ2n) is 6.91. The number of aliphatic hydroxyl groups excluding tert-OH is 1. The van der Waals surface area contributed by atoms with E-state index in [1.54, 1.807) is 0 Å². The lowest BCUT2D eigenvalue weighted by molar-refractivity contribution is 0.0502. The lowest BCUT2D eigenvalue weighted by Crippen LogP contribution is -2.53. The van der Waals surface area contributed by atoms with E-state index in [0.29, 0.717) is 19.5 Å². The van der Waals surface area contributed by atoms with E-state index in [1.807, 2.05) is 24.0 Å². The maximum absolute atomic E-state index is 13.2. The Labute approximate surface area is 149 Å². The first-order valence-corrected chi connectivity index (χ1v) is 9.04. The number of hydrogen-bond donors (Lipinski definition) is 1. The fourth-order valence-electron chi connectivity index (χ4n) is 3.56. The lowest BCUT2D eigenvalue weighted by Gasteiger charge is -2.39. The maximum atomic E-state index is 13.2. The Morgan fingerprint density at radius 2 is 2.12 bits per heavy atom. The van der Waals surface area contributed by atoms with Crippen LogP contribution in [0.4, 0.5) is 0 Å². The highest BCUT2D eigenvalue weighted by atomic mass is 16.3. The van der Waals surface area contributed by atoms with Crippen molar-refractivity contribution in [3.63, 3.8) is 0 Å². The highest BCUT2D eigenvalue weighted by molar-refractivity contribution is 6.06. The molecular weight excluding hydrogens is 314 g/mol. The van der Waals surface area contributed by atoms with Gasteiger partial charge in [-0.05, 0) is 50.6 Å². The molecule has 0 aliphatic carbocycles. The number of carbonyl (C=O) groups excluding carboxylic acids is 1. The van der Waals surface area contributed by atoms with Crippen LogP contribution in [0, 0.1) is 6.92 Å². The summed E-state index contributed by atoms with van der Waals surface area (Å²) < 4.78 is 0. The third kappa shape index (κ3) is 3.67. The number of amides is 1. The zero-order valence-corrected chi connectivity index (χ0v) is 15.3. The minimum atomic E-state index is 0.0693. The van der Waals surface area contributed by atoms with Gasteiger partial charge >= 0.3 is 0 Å². The number of likely N-dealkylation sites (N-methyl/N-ethyl adjacent to an activating group) is 1. The van der Waals surface area contributed by atoms with Crippen molar-refractivity contribution in [2.24, 2.45) is 0 Å². The van der Waals surface area contributed by atoms with E-state index in [-0.39, 0.29) is 18.6 Å². The van der Waals surface area contributed by atoms with Gasteiger partial charge in [-0.3, -0.25) is 14.7 Å². The number of carbonyl (C=O) groups is 1. The zero-order valence-electron chi connectivity index (χ0n) is 15.3. The number of benzene rings is 1. The van der Waals surface area contributed by atoms with Gasteiger partial charge in [-0.2, -0.15) is 0 Å². The molecule has 0 radical (unpaired) electrons. The Hall–Kier alpha value is -1.98. The van der Waals surface area contributed by atoms with Gasteiger partial charge < -0.3 is 10.0 Å². The quantitative estimate of drug-likeness (QED) is 0.927. The molecule has 1 aliphatic heterocycles. The molecule has 1 amide bonds. The van der Waals surface area contributed by atoms with Crippen LogP contribution in [0.25, 0.3) is 10.9 Å². The molecule has 1 fully saturated rings. The molecule has 2 heterocycles. The van der Waals surface area contributed by atoms with Crippen molar-refractivity contribution in [2.75, 3.05) is 33.3 Å². The molecule has 1 atom stereocenters. The minimum absolute atomic E-state index is 0.0693. The Bertz CT molecular complexity index is 775. The number of aryl methyl sites for hydroxylation is 2. The van der Waals surface area contributed by atoms with E-state index in [4.69, 9.17) is 0 Å². The fraction of sp³-hybridized carbons (Fsp3) is 0.500. The summed E-state index contributed by atoms with van der Waals surface area (Å²) in [6.45, 7) is 6.40. The molecule has 0 bridgehead atoms. The van der Waals surface area contributed by atoms with Crippen LogP contribution in [0.1, 0.15) is 35.0 Å². The molecule has 5 nitrogen and oxygen atoms in total. The zero-order chi connectivity index (χ0) is 18.0. The second kappa shape index (κ2) is 7.50. The minimum Gasteiger partial charge on any atom is -0.396 e.